The Morgan fingerprint density at radius 2 is 2.20 bits per heavy atom. The van der Waals surface area contributed by atoms with Crippen molar-refractivity contribution in [1.82, 2.24) is 4.98 Å². The predicted molar refractivity (Wildman–Crippen MR) is 32.5 cm³/mol. The molecule has 0 aliphatic rings. The molecule has 0 fully saturated rings. The third-order valence-corrected chi connectivity index (χ3v) is 0.938. The van der Waals surface area contributed by atoms with Crippen molar-refractivity contribution in [1.29, 1.82) is 10.5 Å². The van der Waals surface area contributed by atoms with E-state index in [0.717, 1.165) is 0 Å². The average Bonchev–Trinajstić information content (AvgIpc) is 2.05. The van der Waals surface area contributed by atoms with Gasteiger partial charge in [0.25, 0.3) is 0 Å². The van der Waals surface area contributed by atoms with Crippen molar-refractivity contribution in [3.05, 3.63) is 29.6 Å². The van der Waals surface area contributed by atoms with Crippen molar-refractivity contribution < 1.29 is 0 Å². The van der Waals surface area contributed by atoms with E-state index in [0.29, 0.717) is 11.1 Å². The van der Waals surface area contributed by atoms with Gasteiger partial charge >= 0.3 is 0 Å². The molecule has 3 heteroatoms. The van der Waals surface area contributed by atoms with Gasteiger partial charge in [0.2, 0.25) is 0 Å². The maximum Gasteiger partial charge on any atom is 0.108 e. The van der Waals surface area contributed by atoms with E-state index in [2.05, 4.69) is 11.2 Å². The smallest absolute Gasteiger partial charge is 0.108 e. The highest BCUT2D eigenvalue weighted by Gasteiger charge is 1.92. The van der Waals surface area contributed by atoms with Crippen LogP contribution in [0.5, 0.6) is 0 Å². The third-order valence-electron chi connectivity index (χ3n) is 0.938. The molecule has 45 valence electrons. The van der Waals surface area contributed by atoms with Gasteiger partial charge in [0.15, 0.2) is 0 Å². The summed E-state index contributed by atoms with van der Waals surface area (Å²) in [7, 11) is 0. The minimum Gasteiger partial charge on any atom is -0.252 e. The Labute approximate surface area is 58.2 Å². The van der Waals surface area contributed by atoms with Gasteiger partial charge in [-0.1, -0.05) is 0 Å². The fraction of sp³-hybridized carbons (Fsp3) is 0. The normalized spacial score (nSPS) is 7.80. The molecule has 0 saturated heterocycles. The number of rotatable bonds is 0. The zero-order valence-electron chi connectivity index (χ0n) is 5.00. The molecule has 3 nitrogen and oxygen atoms in total. The molecule has 0 N–H and O–H groups in total. The number of nitrogens with zero attached hydrogens (tertiary/aromatic N) is 3. The summed E-state index contributed by atoms with van der Waals surface area (Å²) in [6.45, 7) is 0. The van der Waals surface area contributed by atoms with Crippen LogP contribution in [0.1, 0.15) is 11.1 Å². The van der Waals surface area contributed by atoms with Gasteiger partial charge in [-0.3, -0.25) is 4.98 Å². The van der Waals surface area contributed by atoms with E-state index in [9.17, 15) is 0 Å². The van der Waals surface area contributed by atoms with E-state index in [4.69, 9.17) is 10.5 Å². The zero-order chi connectivity index (χ0) is 7.40. The van der Waals surface area contributed by atoms with E-state index in [1.165, 1.54) is 12.3 Å². The monoisotopic (exact) mass is 128 g/mol. The van der Waals surface area contributed by atoms with Crippen LogP contribution in [0.3, 0.4) is 0 Å². The highest BCUT2D eigenvalue weighted by molar-refractivity contribution is 5.34. The van der Waals surface area contributed by atoms with Gasteiger partial charge in [-0.05, 0) is 6.07 Å². The predicted octanol–water partition coefficient (Wildman–Crippen LogP) is 0.625. The van der Waals surface area contributed by atoms with Crippen LogP contribution in [0.4, 0.5) is 0 Å². The van der Waals surface area contributed by atoms with Gasteiger partial charge in [-0.25, -0.2) is 0 Å². The molecular weight excluding hydrogens is 126 g/mol. The molecule has 1 aromatic heterocycles. The molecule has 1 rings (SSSR count). The topological polar surface area (TPSA) is 60.5 Å². The minimum atomic E-state index is 0.291. The molecule has 10 heavy (non-hydrogen) atoms. The average molecular weight is 128 g/mol. The first-order valence-electron chi connectivity index (χ1n) is 2.55. The SMILES string of the molecule is N#Cc1[c]ncc(C#N)c1. The molecule has 0 bridgehead atoms. The van der Waals surface area contributed by atoms with E-state index >= 15 is 0 Å². The molecule has 0 saturated carbocycles. The van der Waals surface area contributed by atoms with Gasteiger partial charge < -0.3 is 0 Å². The van der Waals surface area contributed by atoms with E-state index in [-0.39, 0.29) is 0 Å². The van der Waals surface area contributed by atoms with Crippen LogP contribution < -0.4 is 0 Å². The standard InChI is InChI=1S/C7H2N3/c8-2-6-1-7(3-9)5-10-4-6/h1,4H. The Morgan fingerprint density at radius 1 is 1.40 bits per heavy atom. The van der Waals surface area contributed by atoms with Gasteiger partial charge in [0.05, 0.1) is 11.1 Å². The van der Waals surface area contributed by atoms with Crippen molar-refractivity contribution in [3.63, 3.8) is 0 Å². The molecule has 0 aliphatic heterocycles. The Kier molecular flexibility index (Phi) is 1.63. The fourth-order valence-electron chi connectivity index (χ4n) is 0.515. The van der Waals surface area contributed by atoms with Crippen LogP contribution in [0.25, 0.3) is 0 Å². The van der Waals surface area contributed by atoms with Gasteiger partial charge in [0.1, 0.15) is 18.3 Å². The Bertz CT molecular complexity index is 287. The Morgan fingerprint density at radius 3 is 2.80 bits per heavy atom. The van der Waals surface area contributed by atoms with Gasteiger partial charge in [-0.15, -0.1) is 0 Å². The van der Waals surface area contributed by atoms with Crippen LogP contribution in [0.15, 0.2) is 12.3 Å². The van der Waals surface area contributed by atoms with Crippen molar-refractivity contribution in [2.45, 2.75) is 0 Å². The lowest BCUT2D eigenvalue weighted by atomic mass is 10.2. The summed E-state index contributed by atoms with van der Waals surface area (Å²) >= 11 is 0. The summed E-state index contributed by atoms with van der Waals surface area (Å²) in [5.74, 6) is 0. The summed E-state index contributed by atoms with van der Waals surface area (Å²) < 4.78 is 0. The lowest BCUT2D eigenvalue weighted by Gasteiger charge is -1.84. The Hall–Kier alpha value is -1.87. The number of aromatic nitrogens is 1. The first-order chi connectivity index (χ1) is 4.86. The summed E-state index contributed by atoms with van der Waals surface area (Å²) in [5.41, 5.74) is 0.675. The highest BCUT2D eigenvalue weighted by atomic mass is 14.6. The summed E-state index contributed by atoms with van der Waals surface area (Å²) in [4.78, 5) is 3.56. The number of nitriles is 2. The second kappa shape index (κ2) is 2.61. The van der Waals surface area contributed by atoms with Crippen molar-refractivity contribution in [2.75, 3.05) is 0 Å². The van der Waals surface area contributed by atoms with Crippen LogP contribution in [-0.2, 0) is 0 Å². The molecule has 0 spiro atoms. The number of hydrogen-bond donors (Lipinski definition) is 0. The maximum atomic E-state index is 8.34. The highest BCUT2D eigenvalue weighted by Crippen LogP contribution is 1.97. The lowest BCUT2D eigenvalue weighted by molar-refractivity contribution is 1.26. The maximum absolute atomic E-state index is 8.34. The molecule has 1 radical (unpaired) electrons. The van der Waals surface area contributed by atoms with Crippen molar-refractivity contribution >= 4 is 0 Å². The third kappa shape index (κ3) is 1.10. The first-order valence-corrected chi connectivity index (χ1v) is 2.55. The first kappa shape index (κ1) is 6.25. The summed E-state index contributed by atoms with van der Waals surface area (Å²) in [6, 6.07) is 5.14. The molecule has 0 atom stereocenters. The van der Waals surface area contributed by atoms with E-state index < -0.39 is 0 Å². The molecular formula is C7H2N3. The van der Waals surface area contributed by atoms with Gasteiger partial charge in [0, 0.05) is 6.20 Å². The van der Waals surface area contributed by atoms with E-state index in [1.807, 2.05) is 12.1 Å². The minimum absolute atomic E-state index is 0.291. The van der Waals surface area contributed by atoms with Crippen LogP contribution in [0, 0.1) is 28.9 Å². The summed E-state index contributed by atoms with van der Waals surface area (Å²) in [6.07, 6.45) is 3.79. The van der Waals surface area contributed by atoms with Crippen molar-refractivity contribution in [2.24, 2.45) is 0 Å². The molecule has 0 aromatic carbocycles. The molecule has 1 aromatic rings. The largest absolute Gasteiger partial charge is 0.252 e. The van der Waals surface area contributed by atoms with Crippen LogP contribution in [0.2, 0.25) is 0 Å². The molecule has 1 heterocycles. The Balaban J connectivity index is 3.17. The fourth-order valence-corrected chi connectivity index (χ4v) is 0.515. The quantitative estimate of drug-likeness (QED) is 0.514. The van der Waals surface area contributed by atoms with Crippen molar-refractivity contribution in [3.8, 4) is 12.1 Å². The van der Waals surface area contributed by atoms with E-state index in [1.54, 1.807) is 0 Å². The second-order valence-corrected chi connectivity index (χ2v) is 1.61. The van der Waals surface area contributed by atoms with Gasteiger partial charge in [-0.2, -0.15) is 10.5 Å². The molecule has 0 amide bonds. The molecule has 0 unspecified atom stereocenters. The lowest BCUT2D eigenvalue weighted by Crippen LogP contribution is -1.81. The number of hydrogen-bond acceptors (Lipinski definition) is 3. The zero-order valence-corrected chi connectivity index (χ0v) is 5.00. The summed E-state index contributed by atoms with van der Waals surface area (Å²) in [5, 5.41) is 16.7. The van der Waals surface area contributed by atoms with Crippen LogP contribution in [-0.4, -0.2) is 4.98 Å². The second-order valence-electron chi connectivity index (χ2n) is 1.61. The number of pyridine rings is 1. The molecule has 0 aliphatic carbocycles. The van der Waals surface area contributed by atoms with Crippen LogP contribution >= 0.6 is 0 Å².